The van der Waals surface area contributed by atoms with E-state index in [0.717, 1.165) is 25.7 Å². The van der Waals surface area contributed by atoms with Crippen LogP contribution in [0.2, 0.25) is 10.0 Å². The first-order chi connectivity index (χ1) is 15.3. The van der Waals surface area contributed by atoms with Crippen molar-refractivity contribution in [3.63, 3.8) is 0 Å². The highest BCUT2D eigenvalue weighted by Gasteiger charge is 2.49. The molecule has 2 aromatic rings. The van der Waals surface area contributed by atoms with E-state index in [4.69, 9.17) is 27.9 Å². The van der Waals surface area contributed by atoms with Gasteiger partial charge in [-0.25, -0.2) is 0 Å². The van der Waals surface area contributed by atoms with E-state index in [1.54, 1.807) is 29.2 Å². The fourth-order valence-electron chi connectivity index (χ4n) is 4.50. The Kier molecular flexibility index (Phi) is 6.35. The minimum Gasteiger partial charge on any atom is -0.507 e. The van der Waals surface area contributed by atoms with Gasteiger partial charge in [-0.15, -0.1) is 0 Å². The third-order valence-corrected chi connectivity index (χ3v) is 6.61. The van der Waals surface area contributed by atoms with Crippen molar-refractivity contribution >= 4 is 40.7 Å². The van der Waals surface area contributed by atoms with Gasteiger partial charge in [0.05, 0.1) is 28.3 Å². The number of phenolic OH excluding ortho intramolecular Hbond substituents is 1. The van der Waals surface area contributed by atoms with Crippen LogP contribution in [0.15, 0.2) is 42.0 Å². The zero-order valence-electron chi connectivity index (χ0n) is 17.5. The van der Waals surface area contributed by atoms with Gasteiger partial charge in [0.25, 0.3) is 11.7 Å². The van der Waals surface area contributed by atoms with Crippen LogP contribution in [-0.2, 0) is 9.59 Å². The first kappa shape index (κ1) is 22.5. The quantitative estimate of drug-likeness (QED) is 0.340. The number of likely N-dealkylation sites (tertiary alicyclic amines) is 1. The molecule has 8 heteroatoms. The fourth-order valence-corrected chi connectivity index (χ4v) is 4.86. The number of ketones is 1. The van der Waals surface area contributed by atoms with E-state index in [0.29, 0.717) is 28.5 Å². The van der Waals surface area contributed by atoms with Crippen LogP contribution in [-0.4, -0.2) is 39.5 Å². The van der Waals surface area contributed by atoms with Crippen molar-refractivity contribution < 1.29 is 24.5 Å². The molecule has 1 atom stereocenters. The molecule has 1 saturated heterocycles. The maximum Gasteiger partial charge on any atom is 0.295 e. The summed E-state index contributed by atoms with van der Waals surface area (Å²) in [4.78, 5) is 27.8. The summed E-state index contributed by atoms with van der Waals surface area (Å²) >= 11 is 12.3. The van der Waals surface area contributed by atoms with E-state index in [9.17, 15) is 19.8 Å². The number of aliphatic hydroxyl groups is 1. The second-order valence-electron chi connectivity index (χ2n) is 7.93. The van der Waals surface area contributed by atoms with Crippen molar-refractivity contribution in [3.8, 4) is 11.5 Å². The van der Waals surface area contributed by atoms with E-state index in [1.165, 1.54) is 12.1 Å². The third kappa shape index (κ3) is 3.93. The third-order valence-electron chi connectivity index (χ3n) is 5.99. The van der Waals surface area contributed by atoms with Crippen molar-refractivity contribution in [1.82, 2.24) is 4.90 Å². The molecule has 2 aliphatic rings. The summed E-state index contributed by atoms with van der Waals surface area (Å²) in [5, 5.41) is 21.5. The van der Waals surface area contributed by atoms with Crippen molar-refractivity contribution in [2.24, 2.45) is 0 Å². The monoisotopic (exact) mass is 475 g/mol. The van der Waals surface area contributed by atoms with Crippen LogP contribution in [0.25, 0.3) is 5.76 Å². The van der Waals surface area contributed by atoms with E-state index in [1.807, 2.05) is 6.92 Å². The highest BCUT2D eigenvalue weighted by atomic mass is 35.5. The lowest BCUT2D eigenvalue weighted by Crippen LogP contribution is -2.37. The number of aromatic hydroxyl groups is 1. The van der Waals surface area contributed by atoms with Crippen LogP contribution >= 0.6 is 23.2 Å². The highest BCUT2D eigenvalue weighted by molar-refractivity contribution is 6.46. The molecule has 4 rings (SSSR count). The zero-order valence-corrected chi connectivity index (χ0v) is 19.0. The number of halogens is 2. The maximum absolute atomic E-state index is 13.2. The molecule has 0 bridgehead atoms. The van der Waals surface area contributed by atoms with E-state index >= 15 is 0 Å². The number of Topliss-reactive ketones (excluding diaryl/α,β-unsaturated/α-hetero) is 1. The van der Waals surface area contributed by atoms with Crippen molar-refractivity contribution in [3.05, 3.63) is 63.1 Å². The Bertz CT molecular complexity index is 1110. The first-order valence-corrected chi connectivity index (χ1v) is 11.3. The molecular formula is C24H23Cl2NO5. The van der Waals surface area contributed by atoms with Crippen LogP contribution in [0.5, 0.6) is 11.5 Å². The summed E-state index contributed by atoms with van der Waals surface area (Å²) in [6.45, 7) is 2.19. The van der Waals surface area contributed by atoms with E-state index in [2.05, 4.69) is 0 Å². The van der Waals surface area contributed by atoms with Crippen LogP contribution < -0.4 is 4.74 Å². The number of nitrogens with zero attached hydrogens (tertiary/aromatic N) is 1. The highest BCUT2D eigenvalue weighted by Crippen LogP contribution is 2.45. The molecular weight excluding hydrogens is 453 g/mol. The lowest BCUT2D eigenvalue weighted by atomic mass is 9.94. The molecule has 1 unspecified atom stereocenters. The molecule has 6 nitrogen and oxygen atoms in total. The number of phenols is 1. The Morgan fingerprint density at radius 3 is 2.47 bits per heavy atom. The average Bonchev–Trinajstić information content (AvgIpc) is 3.38. The van der Waals surface area contributed by atoms with Crippen molar-refractivity contribution in [2.75, 3.05) is 6.61 Å². The van der Waals surface area contributed by atoms with Crippen LogP contribution in [0, 0.1) is 0 Å². The molecule has 2 aromatic carbocycles. The van der Waals surface area contributed by atoms with Crippen LogP contribution in [0.1, 0.15) is 49.8 Å². The SMILES string of the molecule is CCOc1cc(/C(O)=C2/C(=O)C(=O)N(C3CCCC3)C2c2ccc(O)c(Cl)c2)ccc1Cl. The summed E-state index contributed by atoms with van der Waals surface area (Å²) in [5.41, 5.74) is 0.838. The lowest BCUT2D eigenvalue weighted by Gasteiger charge is -2.31. The Morgan fingerprint density at radius 2 is 1.81 bits per heavy atom. The largest absolute Gasteiger partial charge is 0.507 e. The summed E-state index contributed by atoms with van der Waals surface area (Å²) in [6, 6.07) is 8.32. The number of benzene rings is 2. The Morgan fingerprint density at radius 1 is 1.09 bits per heavy atom. The zero-order chi connectivity index (χ0) is 23.0. The van der Waals surface area contributed by atoms with E-state index in [-0.39, 0.29) is 28.1 Å². The van der Waals surface area contributed by atoms with Gasteiger partial charge in [0.1, 0.15) is 17.3 Å². The molecule has 32 heavy (non-hydrogen) atoms. The Hall–Kier alpha value is -2.70. The molecule has 0 spiro atoms. The molecule has 2 N–H and O–H groups in total. The maximum atomic E-state index is 13.2. The normalized spacial score (nSPS) is 20.8. The van der Waals surface area contributed by atoms with Gasteiger partial charge in [-0.05, 0) is 55.7 Å². The lowest BCUT2D eigenvalue weighted by molar-refractivity contribution is -0.141. The molecule has 2 fully saturated rings. The molecule has 1 heterocycles. The predicted molar refractivity (Wildman–Crippen MR) is 122 cm³/mol. The second kappa shape index (κ2) is 9.04. The van der Waals surface area contributed by atoms with E-state index < -0.39 is 17.7 Å². The number of hydrogen-bond donors (Lipinski definition) is 2. The Balaban J connectivity index is 1.89. The standard InChI is InChI=1S/C24H23Cl2NO5/c1-2-32-19-12-14(7-9-16(19)25)22(29)20-21(13-8-10-18(28)17(26)11-13)27(24(31)23(20)30)15-5-3-4-6-15/h7-12,15,21,28-29H,2-6H2,1H3/b22-20-. The number of rotatable bonds is 5. The van der Waals surface area contributed by atoms with Crippen LogP contribution in [0.4, 0.5) is 0 Å². The number of ether oxygens (including phenoxy) is 1. The molecule has 0 aromatic heterocycles. The van der Waals surface area contributed by atoms with Crippen molar-refractivity contribution in [2.45, 2.75) is 44.7 Å². The number of aliphatic hydroxyl groups excluding tert-OH is 1. The van der Waals surface area contributed by atoms with Crippen molar-refractivity contribution in [1.29, 1.82) is 0 Å². The van der Waals surface area contributed by atoms with Gasteiger partial charge < -0.3 is 19.8 Å². The fraction of sp³-hybridized carbons (Fsp3) is 0.333. The number of carbonyl (C=O) groups is 2. The predicted octanol–water partition coefficient (Wildman–Crippen LogP) is 5.46. The molecule has 168 valence electrons. The molecule has 1 amide bonds. The minimum atomic E-state index is -0.817. The summed E-state index contributed by atoms with van der Waals surface area (Å²) < 4.78 is 5.51. The van der Waals surface area contributed by atoms with Gasteiger partial charge in [0, 0.05) is 11.6 Å². The number of hydrogen-bond acceptors (Lipinski definition) is 5. The van der Waals surface area contributed by atoms with Gasteiger partial charge in [0.15, 0.2) is 0 Å². The van der Waals surface area contributed by atoms with Gasteiger partial charge in [-0.1, -0.05) is 42.1 Å². The Labute approximate surface area is 196 Å². The number of carbonyl (C=O) groups excluding carboxylic acids is 2. The molecule has 0 radical (unpaired) electrons. The number of amides is 1. The molecule has 1 aliphatic carbocycles. The second-order valence-corrected chi connectivity index (χ2v) is 8.75. The molecule has 1 saturated carbocycles. The first-order valence-electron chi connectivity index (χ1n) is 10.5. The molecule has 1 aliphatic heterocycles. The summed E-state index contributed by atoms with van der Waals surface area (Å²) in [5.74, 6) is -1.45. The van der Waals surface area contributed by atoms with Gasteiger partial charge in [-0.2, -0.15) is 0 Å². The smallest absolute Gasteiger partial charge is 0.295 e. The minimum absolute atomic E-state index is 0.0200. The van der Waals surface area contributed by atoms with Crippen LogP contribution in [0.3, 0.4) is 0 Å². The van der Waals surface area contributed by atoms with Gasteiger partial charge in [-0.3, -0.25) is 9.59 Å². The average molecular weight is 476 g/mol. The van der Waals surface area contributed by atoms with Gasteiger partial charge >= 0.3 is 0 Å². The topological polar surface area (TPSA) is 87.1 Å². The summed E-state index contributed by atoms with van der Waals surface area (Å²) in [6.07, 6.45) is 3.49. The summed E-state index contributed by atoms with van der Waals surface area (Å²) in [7, 11) is 0. The van der Waals surface area contributed by atoms with Gasteiger partial charge in [0.2, 0.25) is 0 Å².